The predicted molar refractivity (Wildman–Crippen MR) is 166 cm³/mol. The lowest BCUT2D eigenvalue weighted by atomic mass is 9.87. The van der Waals surface area contributed by atoms with Gasteiger partial charge in [-0.15, -0.1) is 0 Å². The van der Waals surface area contributed by atoms with E-state index in [1.807, 2.05) is 0 Å². The van der Waals surface area contributed by atoms with Gasteiger partial charge in [-0.3, -0.25) is 0 Å². The molecule has 0 N–H and O–H groups in total. The number of anilines is 3. The molecule has 0 fully saturated rings. The Morgan fingerprint density at radius 1 is 0.316 bits per heavy atom. The van der Waals surface area contributed by atoms with Crippen molar-refractivity contribution >= 4 is 30.4 Å². The van der Waals surface area contributed by atoms with Crippen LogP contribution in [-0.4, -0.2) is 7.85 Å². The predicted octanol–water partition coefficient (Wildman–Crippen LogP) is 8.42. The molecular formula is C36H28BN. The molecule has 2 heteroatoms. The monoisotopic (exact) mass is 485 g/mol. The van der Waals surface area contributed by atoms with Crippen LogP contribution < -0.4 is 10.4 Å². The van der Waals surface area contributed by atoms with Crippen molar-refractivity contribution in [3.63, 3.8) is 0 Å². The summed E-state index contributed by atoms with van der Waals surface area (Å²) in [5, 5.41) is 0. The Labute approximate surface area is 226 Å². The van der Waals surface area contributed by atoms with Crippen molar-refractivity contribution in [3.8, 4) is 33.4 Å². The second-order valence-electron chi connectivity index (χ2n) is 9.52. The van der Waals surface area contributed by atoms with E-state index in [2.05, 4.69) is 170 Å². The molecule has 0 heterocycles. The van der Waals surface area contributed by atoms with E-state index in [1.165, 1.54) is 38.8 Å². The summed E-state index contributed by atoms with van der Waals surface area (Å²) in [4.78, 5) is 2.31. The molecule has 6 aromatic carbocycles. The largest absolute Gasteiger partial charge is 0.311 e. The summed E-state index contributed by atoms with van der Waals surface area (Å²) in [5.41, 5.74) is 12.1. The van der Waals surface area contributed by atoms with Crippen molar-refractivity contribution in [2.45, 2.75) is 0 Å². The lowest BCUT2D eigenvalue weighted by Gasteiger charge is -2.26. The summed E-state index contributed by atoms with van der Waals surface area (Å²) >= 11 is 0. The Bertz CT molecular complexity index is 1620. The van der Waals surface area contributed by atoms with Crippen molar-refractivity contribution in [1.29, 1.82) is 0 Å². The van der Waals surface area contributed by atoms with Gasteiger partial charge in [-0.2, -0.15) is 0 Å². The van der Waals surface area contributed by atoms with E-state index < -0.39 is 0 Å². The summed E-state index contributed by atoms with van der Waals surface area (Å²) in [6.45, 7) is 0. The van der Waals surface area contributed by atoms with Crippen LogP contribution in [0.1, 0.15) is 0 Å². The first-order valence-corrected chi connectivity index (χ1v) is 13.0. The highest BCUT2D eigenvalue weighted by Gasteiger charge is 2.13. The maximum absolute atomic E-state index is 2.31. The normalized spacial score (nSPS) is 10.7. The van der Waals surface area contributed by atoms with Crippen LogP contribution in [0.5, 0.6) is 0 Å². The Balaban J connectivity index is 1.31. The van der Waals surface area contributed by atoms with E-state index in [-0.39, 0.29) is 0 Å². The zero-order valence-corrected chi connectivity index (χ0v) is 21.5. The fourth-order valence-electron chi connectivity index (χ4n) is 5.00. The van der Waals surface area contributed by atoms with Gasteiger partial charge in [-0.25, -0.2) is 0 Å². The highest BCUT2D eigenvalue weighted by Crippen LogP contribution is 2.36. The lowest BCUT2D eigenvalue weighted by molar-refractivity contribution is 1.28. The summed E-state index contributed by atoms with van der Waals surface area (Å²) < 4.78 is 0. The molecule has 0 aliphatic heterocycles. The molecule has 0 amide bonds. The van der Waals surface area contributed by atoms with Crippen molar-refractivity contribution in [1.82, 2.24) is 0 Å². The average molecular weight is 485 g/mol. The van der Waals surface area contributed by atoms with Crippen LogP contribution in [0, 0.1) is 0 Å². The molecule has 0 aromatic heterocycles. The van der Waals surface area contributed by atoms with Crippen molar-refractivity contribution < 1.29 is 0 Å². The zero-order valence-electron chi connectivity index (χ0n) is 21.5. The number of benzene rings is 6. The van der Waals surface area contributed by atoms with Gasteiger partial charge < -0.3 is 4.90 Å². The van der Waals surface area contributed by atoms with Gasteiger partial charge >= 0.3 is 0 Å². The number of nitrogens with zero attached hydrogens (tertiary/aromatic N) is 1. The van der Waals surface area contributed by atoms with Gasteiger partial charge in [-0.05, 0) is 69.8 Å². The molecule has 0 spiro atoms. The summed E-state index contributed by atoms with van der Waals surface area (Å²) in [6.07, 6.45) is 0. The molecule has 0 saturated heterocycles. The van der Waals surface area contributed by atoms with Gasteiger partial charge in [0.05, 0.1) is 0 Å². The van der Waals surface area contributed by atoms with Gasteiger partial charge in [0.1, 0.15) is 7.85 Å². The molecule has 0 bridgehead atoms. The van der Waals surface area contributed by atoms with Crippen molar-refractivity contribution in [3.05, 3.63) is 158 Å². The van der Waals surface area contributed by atoms with Crippen LogP contribution in [0.25, 0.3) is 33.4 Å². The fraction of sp³-hybridized carbons (Fsp3) is 0. The number of para-hydroxylation sites is 1. The maximum Gasteiger partial charge on any atom is 0.140 e. The molecule has 0 aliphatic rings. The minimum absolute atomic E-state index is 1.13. The van der Waals surface area contributed by atoms with Crippen LogP contribution in [0.15, 0.2) is 158 Å². The van der Waals surface area contributed by atoms with Gasteiger partial charge in [-0.1, -0.05) is 127 Å². The van der Waals surface area contributed by atoms with Crippen molar-refractivity contribution in [2.24, 2.45) is 0 Å². The van der Waals surface area contributed by atoms with Crippen LogP contribution in [0.4, 0.5) is 17.1 Å². The smallest absolute Gasteiger partial charge is 0.140 e. The van der Waals surface area contributed by atoms with Crippen LogP contribution in [0.3, 0.4) is 0 Å². The molecule has 0 unspecified atom stereocenters. The quantitative estimate of drug-likeness (QED) is 0.214. The Morgan fingerprint density at radius 3 is 1.21 bits per heavy atom. The third kappa shape index (κ3) is 4.90. The Morgan fingerprint density at radius 2 is 0.684 bits per heavy atom. The molecule has 0 saturated carbocycles. The second-order valence-corrected chi connectivity index (χ2v) is 9.52. The minimum atomic E-state index is 1.13. The minimum Gasteiger partial charge on any atom is -0.311 e. The van der Waals surface area contributed by atoms with Gasteiger partial charge in [0.15, 0.2) is 0 Å². The topological polar surface area (TPSA) is 3.24 Å². The number of hydrogen-bond acceptors (Lipinski definition) is 1. The summed E-state index contributed by atoms with van der Waals surface area (Å²) in [6, 6.07) is 56.1. The molecular weight excluding hydrogens is 457 g/mol. The third-order valence-corrected chi connectivity index (χ3v) is 7.05. The average Bonchev–Trinajstić information content (AvgIpc) is 3.00. The van der Waals surface area contributed by atoms with E-state index in [1.54, 1.807) is 0 Å². The molecule has 6 aromatic rings. The number of hydrogen-bond donors (Lipinski definition) is 0. The van der Waals surface area contributed by atoms with Gasteiger partial charge in [0.2, 0.25) is 0 Å². The van der Waals surface area contributed by atoms with E-state index in [0.29, 0.717) is 0 Å². The molecule has 6 rings (SSSR count). The summed E-state index contributed by atoms with van der Waals surface area (Å²) in [5.74, 6) is 0. The van der Waals surface area contributed by atoms with E-state index in [4.69, 9.17) is 0 Å². The molecule has 180 valence electrons. The molecule has 0 atom stereocenters. The van der Waals surface area contributed by atoms with E-state index >= 15 is 0 Å². The van der Waals surface area contributed by atoms with E-state index in [0.717, 1.165) is 17.1 Å². The van der Waals surface area contributed by atoms with Crippen LogP contribution in [0.2, 0.25) is 0 Å². The first kappa shape index (κ1) is 23.6. The van der Waals surface area contributed by atoms with Gasteiger partial charge in [0, 0.05) is 17.1 Å². The van der Waals surface area contributed by atoms with Crippen molar-refractivity contribution in [2.75, 3.05) is 4.90 Å². The Kier molecular flexibility index (Phi) is 6.61. The standard InChI is InChI=1S/C36H28BN/c37-36-14-8-7-13-35(36)31-21-25-34(26-22-31)38(32-11-5-2-6-12-32)33-23-19-30(20-24-33)29-17-15-28(16-18-29)27-9-3-1-4-10-27/h1-26H,37H2. The van der Waals surface area contributed by atoms with Gasteiger partial charge in [0.25, 0.3) is 0 Å². The first-order valence-electron chi connectivity index (χ1n) is 13.0. The number of rotatable bonds is 6. The molecule has 0 aliphatic carbocycles. The summed E-state index contributed by atoms with van der Waals surface area (Å²) in [7, 11) is 2.16. The fourth-order valence-corrected chi connectivity index (χ4v) is 5.00. The second kappa shape index (κ2) is 10.7. The zero-order chi connectivity index (χ0) is 25.7. The Hall–Kier alpha value is -4.82. The molecule has 38 heavy (non-hydrogen) atoms. The molecule has 1 nitrogen and oxygen atoms in total. The first-order chi connectivity index (χ1) is 18.8. The SMILES string of the molecule is Bc1ccccc1-c1ccc(N(c2ccccc2)c2ccc(-c3ccc(-c4ccccc4)cc3)cc2)cc1. The highest BCUT2D eigenvalue weighted by atomic mass is 15.1. The molecule has 0 radical (unpaired) electrons. The van der Waals surface area contributed by atoms with Crippen LogP contribution >= 0.6 is 0 Å². The maximum atomic E-state index is 2.31. The van der Waals surface area contributed by atoms with E-state index in [9.17, 15) is 0 Å². The third-order valence-electron chi connectivity index (χ3n) is 7.05. The van der Waals surface area contributed by atoms with Crippen LogP contribution in [-0.2, 0) is 0 Å². The highest BCUT2D eigenvalue weighted by molar-refractivity contribution is 6.35. The lowest BCUT2D eigenvalue weighted by Crippen LogP contribution is -2.10.